The molecule has 0 fully saturated rings. The predicted molar refractivity (Wildman–Crippen MR) is 52.0 cm³/mol. The molecule has 2 atom stereocenters. The van der Waals surface area contributed by atoms with Crippen molar-refractivity contribution in [3.63, 3.8) is 0 Å². The zero-order valence-corrected chi connectivity index (χ0v) is 8.56. The number of imidazole rings is 1. The molecule has 5 heteroatoms. The maximum absolute atomic E-state index is 10.7. The molecular formula is C9H15N3O2. The third-order valence-electron chi connectivity index (χ3n) is 2.28. The molecule has 0 aliphatic rings. The van der Waals surface area contributed by atoms with Gasteiger partial charge in [-0.15, -0.1) is 0 Å². The first kappa shape index (κ1) is 10.7. The van der Waals surface area contributed by atoms with Crippen LogP contribution in [0.15, 0.2) is 6.20 Å². The van der Waals surface area contributed by atoms with E-state index >= 15 is 0 Å². The van der Waals surface area contributed by atoms with Gasteiger partial charge in [-0.25, -0.2) is 4.98 Å². The second-order valence-corrected chi connectivity index (χ2v) is 3.44. The highest BCUT2D eigenvalue weighted by Gasteiger charge is 2.22. The number of carboxylic acid groups (broad SMARTS) is 1. The molecule has 1 aromatic heterocycles. The van der Waals surface area contributed by atoms with Crippen molar-refractivity contribution >= 4 is 5.97 Å². The quantitative estimate of drug-likeness (QED) is 0.738. The van der Waals surface area contributed by atoms with Gasteiger partial charge in [-0.2, -0.15) is 0 Å². The molecule has 3 N–H and O–H groups in total. The van der Waals surface area contributed by atoms with Gasteiger partial charge >= 0.3 is 5.97 Å². The van der Waals surface area contributed by atoms with Gasteiger partial charge in [0.15, 0.2) is 0 Å². The van der Waals surface area contributed by atoms with Gasteiger partial charge in [0, 0.05) is 6.20 Å². The van der Waals surface area contributed by atoms with Crippen LogP contribution in [0.2, 0.25) is 0 Å². The van der Waals surface area contributed by atoms with E-state index in [1.165, 1.54) is 0 Å². The smallest absolute Gasteiger partial charge is 0.322 e. The van der Waals surface area contributed by atoms with E-state index in [4.69, 9.17) is 10.8 Å². The fourth-order valence-electron chi connectivity index (χ4n) is 1.43. The largest absolute Gasteiger partial charge is 0.480 e. The zero-order valence-electron chi connectivity index (χ0n) is 8.56. The lowest BCUT2D eigenvalue weighted by atomic mass is 10.1. The zero-order chi connectivity index (χ0) is 10.9. The van der Waals surface area contributed by atoms with Gasteiger partial charge in [-0.1, -0.05) is 0 Å². The van der Waals surface area contributed by atoms with Crippen LogP contribution in [0.5, 0.6) is 0 Å². The standard InChI is InChI=1S/C9H15N3O2/c1-5-4-12(7(3)11-5)6(2)8(10)9(13)14/h4,6,8H,10H2,1-3H3,(H,13,14). The number of hydrogen-bond donors (Lipinski definition) is 2. The first-order valence-corrected chi connectivity index (χ1v) is 4.44. The van der Waals surface area contributed by atoms with Gasteiger partial charge < -0.3 is 15.4 Å². The molecule has 0 saturated carbocycles. The van der Waals surface area contributed by atoms with Crippen LogP contribution >= 0.6 is 0 Å². The third kappa shape index (κ3) is 1.93. The van der Waals surface area contributed by atoms with E-state index in [1.54, 1.807) is 11.5 Å². The van der Waals surface area contributed by atoms with Crippen LogP contribution in [-0.2, 0) is 4.79 Å². The van der Waals surface area contributed by atoms with Gasteiger partial charge in [0.2, 0.25) is 0 Å². The van der Waals surface area contributed by atoms with Crippen LogP contribution in [0.25, 0.3) is 0 Å². The Balaban J connectivity index is 2.94. The lowest BCUT2D eigenvalue weighted by molar-refractivity contribution is -0.139. The average molecular weight is 197 g/mol. The van der Waals surface area contributed by atoms with Crippen molar-refractivity contribution in [2.45, 2.75) is 32.9 Å². The Hall–Kier alpha value is -1.36. The second kappa shape index (κ2) is 3.79. The summed E-state index contributed by atoms with van der Waals surface area (Å²) in [6.07, 6.45) is 1.81. The van der Waals surface area contributed by atoms with E-state index in [0.29, 0.717) is 0 Å². The highest BCUT2D eigenvalue weighted by atomic mass is 16.4. The van der Waals surface area contributed by atoms with Crippen molar-refractivity contribution in [3.8, 4) is 0 Å². The molecule has 0 aromatic carbocycles. The molecule has 14 heavy (non-hydrogen) atoms. The summed E-state index contributed by atoms with van der Waals surface area (Å²) in [6, 6.07) is -1.18. The number of aromatic nitrogens is 2. The molecule has 1 rings (SSSR count). The normalized spacial score (nSPS) is 15.1. The SMILES string of the molecule is Cc1cn(C(C)C(N)C(=O)O)c(C)n1. The summed E-state index contributed by atoms with van der Waals surface area (Å²) in [5.74, 6) is -0.213. The maximum atomic E-state index is 10.7. The number of rotatable bonds is 3. The van der Waals surface area contributed by atoms with E-state index in [9.17, 15) is 4.79 Å². The van der Waals surface area contributed by atoms with Crippen LogP contribution in [0.3, 0.4) is 0 Å². The number of aliphatic carboxylic acids is 1. The van der Waals surface area contributed by atoms with Crippen LogP contribution in [0.4, 0.5) is 0 Å². The van der Waals surface area contributed by atoms with Crippen molar-refractivity contribution < 1.29 is 9.90 Å². The Labute approximate surface area is 82.6 Å². The summed E-state index contributed by atoms with van der Waals surface area (Å²) >= 11 is 0. The third-order valence-corrected chi connectivity index (χ3v) is 2.28. The first-order valence-electron chi connectivity index (χ1n) is 4.44. The molecule has 0 aliphatic heterocycles. The second-order valence-electron chi connectivity index (χ2n) is 3.44. The molecular weight excluding hydrogens is 182 g/mol. The van der Waals surface area contributed by atoms with E-state index in [1.807, 2.05) is 20.0 Å². The predicted octanol–water partition coefficient (Wildman–Crippen LogP) is 0.473. The minimum atomic E-state index is -0.997. The first-order chi connectivity index (χ1) is 6.43. The fourth-order valence-corrected chi connectivity index (χ4v) is 1.43. The van der Waals surface area contributed by atoms with E-state index in [2.05, 4.69) is 4.98 Å². The topological polar surface area (TPSA) is 81.1 Å². The molecule has 1 aromatic rings. The molecule has 0 saturated heterocycles. The van der Waals surface area contributed by atoms with Crippen molar-refractivity contribution in [1.29, 1.82) is 0 Å². The van der Waals surface area contributed by atoms with Gasteiger partial charge in [0.25, 0.3) is 0 Å². The van der Waals surface area contributed by atoms with Crippen molar-refractivity contribution in [2.75, 3.05) is 0 Å². The average Bonchev–Trinajstić information content (AvgIpc) is 2.42. The Kier molecular flexibility index (Phi) is 2.90. The monoisotopic (exact) mass is 197 g/mol. The molecule has 0 spiro atoms. The Morgan fingerprint density at radius 1 is 1.64 bits per heavy atom. The van der Waals surface area contributed by atoms with E-state index in [-0.39, 0.29) is 6.04 Å². The van der Waals surface area contributed by atoms with Crippen LogP contribution < -0.4 is 5.73 Å². The number of nitrogens with zero attached hydrogens (tertiary/aromatic N) is 2. The summed E-state index contributed by atoms with van der Waals surface area (Å²) < 4.78 is 1.79. The summed E-state index contributed by atoms with van der Waals surface area (Å²) in [5.41, 5.74) is 6.39. The number of nitrogens with two attached hydrogens (primary N) is 1. The van der Waals surface area contributed by atoms with Gasteiger partial charge in [0.1, 0.15) is 11.9 Å². The van der Waals surface area contributed by atoms with Crippen LogP contribution in [0, 0.1) is 13.8 Å². The minimum absolute atomic E-state index is 0.284. The lowest BCUT2D eigenvalue weighted by Crippen LogP contribution is -2.38. The minimum Gasteiger partial charge on any atom is -0.480 e. The van der Waals surface area contributed by atoms with Crippen molar-refractivity contribution in [3.05, 3.63) is 17.7 Å². The van der Waals surface area contributed by atoms with Gasteiger partial charge in [0.05, 0.1) is 11.7 Å². The maximum Gasteiger partial charge on any atom is 0.322 e. The van der Waals surface area contributed by atoms with Gasteiger partial charge in [-0.05, 0) is 20.8 Å². The van der Waals surface area contributed by atoms with Crippen molar-refractivity contribution in [1.82, 2.24) is 9.55 Å². The van der Waals surface area contributed by atoms with E-state index in [0.717, 1.165) is 11.5 Å². The Morgan fingerprint density at radius 2 is 2.21 bits per heavy atom. The summed E-state index contributed by atoms with van der Waals surface area (Å²) in [5, 5.41) is 8.75. The number of hydrogen-bond acceptors (Lipinski definition) is 3. The van der Waals surface area contributed by atoms with Crippen LogP contribution in [0.1, 0.15) is 24.5 Å². The van der Waals surface area contributed by atoms with Gasteiger partial charge in [-0.3, -0.25) is 4.79 Å². The van der Waals surface area contributed by atoms with Crippen molar-refractivity contribution in [2.24, 2.45) is 5.73 Å². The number of aryl methyl sites for hydroxylation is 2. The molecule has 1 heterocycles. The number of carboxylic acids is 1. The lowest BCUT2D eigenvalue weighted by Gasteiger charge is -2.18. The summed E-state index contributed by atoms with van der Waals surface area (Å²) in [7, 11) is 0. The molecule has 2 unspecified atom stereocenters. The Bertz CT molecular complexity index is 346. The van der Waals surface area contributed by atoms with E-state index < -0.39 is 12.0 Å². The highest BCUT2D eigenvalue weighted by Crippen LogP contribution is 2.13. The fraction of sp³-hybridized carbons (Fsp3) is 0.556. The van der Waals surface area contributed by atoms with Crippen LogP contribution in [-0.4, -0.2) is 26.7 Å². The highest BCUT2D eigenvalue weighted by molar-refractivity contribution is 5.73. The molecule has 78 valence electrons. The molecule has 0 radical (unpaired) electrons. The number of carbonyl (C=O) groups is 1. The molecule has 5 nitrogen and oxygen atoms in total. The summed E-state index contributed by atoms with van der Waals surface area (Å²) in [6.45, 7) is 5.47. The Morgan fingerprint density at radius 3 is 2.57 bits per heavy atom. The molecule has 0 aliphatic carbocycles. The molecule has 0 amide bonds. The molecule has 0 bridgehead atoms. The summed E-state index contributed by atoms with van der Waals surface area (Å²) in [4.78, 5) is 14.9.